The molecule has 15 heavy (non-hydrogen) atoms. The Bertz CT molecular complexity index is 205. The number of nitriles is 1. The van der Waals surface area contributed by atoms with Crippen LogP contribution in [0.5, 0.6) is 0 Å². The zero-order chi connectivity index (χ0) is 11.9. The number of nitrogens with zero attached hydrogens (tertiary/aromatic N) is 3. The van der Waals surface area contributed by atoms with Crippen molar-refractivity contribution in [2.45, 2.75) is 25.3 Å². The highest BCUT2D eigenvalue weighted by Crippen LogP contribution is 2.04. The molecule has 0 aromatic rings. The van der Waals surface area contributed by atoms with Gasteiger partial charge in [0.15, 0.2) is 0 Å². The van der Waals surface area contributed by atoms with Crippen LogP contribution in [0.1, 0.15) is 19.8 Å². The van der Waals surface area contributed by atoms with Crippen LogP contribution in [-0.2, 0) is 0 Å². The Morgan fingerprint density at radius 1 is 1.20 bits per heavy atom. The van der Waals surface area contributed by atoms with E-state index in [2.05, 4.69) is 37.0 Å². The molecule has 0 aliphatic rings. The van der Waals surface area contributed by atoms with Crippen LogP contribution in [0.4, 0.5) is 0 Å². The van der Waals surface area contributed by atoms with E-state index in [9.17, 15) is 0 Å². The second kappa shape index (κ2) is 6.78. The van der Waals surface area contributed by atoms with Gasteiger partial charge in [-0.1, -0.05) is 0 Å². The largest absolute Gasteiger partial charge is 0.314 e. The Labute approximate surface area is 93.6 Å². The van der Waals surface area contributed by atoms with Gasteiger partial charge >= 0.3 is 0 Å². The lowest BCUT2D eigenvalue weighted by atomic mass is 10.0. The maximum absolute atomic E-state index is 8.76. The number of nitrogens with two attached hydrogens (primary N) is 1. The normalized spacial score (nSPS) is 15.3. The molecule has 0 bridgehead atoms. The van der Waals surface area contributed by atoms with Crippen molar-refractivity contribution in [2.24, 2.45) is 5.73 Å². The molecule has 88 valence electrons. The zero-order valence-corrected chi connectivity index (χ0v) is 10.5. The van der Waals surface area contributed by atoms with Gasteiger partial charge in [-0.15, -0.1) is 0 Å². The molecule has 0 saturated carbocycles. The lowest BCUT2D eigenvalue weighted by Crippen LogP contribution is -2.38. The topological polar surface area (TPSA) is 56.3 Å². The SMILES string of the molecule is CN(C)CCCN(C)CCC(C)(N)C#N. The summed E-state index contributed by atoms with van der Waals surface area (Å²) in [7, 11) is 6.22. The van der Waals surface area contributed by atoms with Gasteiger partial charge in [0.05, 0.1) is 6.07 Å². The van der Waals surface area contributed by atoms with E-state index in [1.54, 1.807) is 6.92 Å². The Hall–Kier alpha value is -0.630. The highest BCUT2D eigenvalue weighted by Gasteiger charge is 2.17. The van der Waals surface area contributed by atoms with Crippen molar-refractivity contribution in [2.75, 3.05) is 40.8 Å². The summed E-state index contributed by atoms with van der Waals surface area (Å²) < 4.78 is 0. The van der Waals surface area contributed by atoms with Gasteiger partial charge in [-0.25, -0.2) is 0 Å². The lowest BCUT2D eigenvalue weighted by molar-refractivity contribution is 0.283. The molecular formula is C11H24N4. The van der Waals surface area contributed by atoms with Gasteiger partial charge in [-0.2, -0.15) is 5.26 Å². The van der Waals surface area contributed by atoms with Crippen LogP contribution >= 0.6 is 0 Å². The molecule has 0 heterocycles. The fourth-order valence-electron chi connectivity index (χ4n) is 1.25. The Morgan fingerprint density at radius 3 is 2.27 bits per heavy atom. The van der Waals surface area contributed by atoms with E-state index < -0.39 is 5.54 Å². The molecule has 1 unspecified atom stereocenters. The smallest absolute Gasteiger partial charge is 0.102 e. The average molecular weight is 212 g/mol. The maximum atomic E-state index is 8.76. The first-order valence-electron chi connectivity index (χ1n) is 5.41. The lowest BCUT2D eigenvalue weighted by Gasteiger charge is -2.22. The summed E-state index contributed by atoms with van der Waals surface area (Å²) in [6.45, 7) is 4.82. The van der Waals surface area contributed by atoms with Gasteiger partial charge in [-0.05, 0) is 54.0 Å². The van der Waals surface area contributed by atoms with Crippen molar-refractivity contribution in [1.82, 2.24) is 9.80 Å². The highest BCUT2D eigenvalue weighted by molar-refractivity contribution is 5.00. The molecule has 4 heteroatoms. The quantitative estimate of drug-likeness (QED) is 0.668. The minimum Gasteiger partial charge on any atom is -0.314 e. The third-order valence-electron chi connectivity index (χ3n) is 2.41. The maximum Gasteiger partial charge on any atom is 0.102 e. The van der Waals surface area contributed by atoms with E-state index in [1.165, 1.54) is 0 Å². The fraction of sp³-hybridized carbons (Fsp3) is 0.909. The Balaban J connectivity index is 3.59. The second-order valence-corrected chi connectivity index (χ2v) is 4.74. The molecular weight excluding hydrogens is 188 g/mol. The van der Waals surface area contributed by atoms with E-state index in [1.807, 2.05) is 0 Å². The predicted octanol–water partition coefficient (Wildman–Crippen LogP) is 0.501. The molecule has 0 rings (SSSR count). The molecule has 0 aliphatic carbocycles. The molecule has 2 N–H and O–H groups in total. The van der Waals surface area contributed by atoms with Crippen molar-refractivity contribution < 1.29 is 0 Å². The molecule has 0 aromatic carbocycles. The van der Waals surface area contributed by atoms with Gasteiger partial charge in [-0.3, -0.25) is 0 Å². The van der Waals surface area contributed by atoms with Gasteiger partial charge in [0.2, 0.25) is 0 Å². The summed E-state index contributed by atoms with van der Waals surface area (Å²) in [5, 5.41) is 8.76. The number of rotatable bonds is 7. The van der Waals surface area contributed by atoms with Crippen molar-refractivity contribution >= 4 is 0 Å². The first kappa shape index (κ1) is 14.4. The van der Waals surface area contributed by atoms with Crippen molar-refractivity contribution in [3.05, 3.63) is 0 Å². The summed E-state index contributed by atoms with van der Waals surface area (Å²) in [4.78, 5) is 4.40. The van der Waals surface area contributed by atoms with E-state index in [0.717, 1.165) is 32.5 Å². The third-order valence-corrected chi connectivity index (χ3v) is 2.41. The zero-order valence-electron chi connectivity index (χ0n) is 10.5. The molecule has 0 aliphatic heterocycles. The van der Waals surface area contributed by atoms with Crippen LogP contribution in [0.2, 0.25) is 0 Å². The highest BCUT2D eigenvalue weighted by atomic mass is 15.1. The first-order chi connectivity index (χ1) is 6.87. The summed E-state index contributed by atoms with van der Waals surface area (Å²) in [6, 6.07) is 2.11. The number of hydrogen-bond acceptors (Lipinski definition) is 4. The number of hydrogen-bond donors (Lipinski definition) is 1. The fourth-order valence-corrected chi connectivity index (χ4v) is 1.25. The molecule has 0 amide bonds. The van der Waals surface area contributed by atoms with Gasteiger partial charge in [0.25, 0.3) is 0 Å². The van der Waals surface area contributed by atoms with Crippen molar-refractivity contribution in [1.29, 1.82) is 5.26 Å². The van der Waals surface area contributed by atoms with Gasteiger partial charge < -0.3 is 15.5 Å². The average Bonchev–Trinajstić information content (AvgIpc) is 2.14. The molecule has 0 saturated heterocycles. The summed E-state index contributed by atoms with van der Waals surface area (Å²) in [5.41, 5.74) is 5.06. The van der Waals surface area contributed by atoms with Crippen molar-refractivity contribution in [3.8, 4) is 6.07 Å². The summed E-state index contributed by atoms with van der Waals surface area (Å²) >= 11 is 0. The predicted molar refractivity (Wildman–Crippen MR) is 63.5 cm³/mol. The van der Waals surface area contributed by atoms with Crippen LogP contribution in [0, 0.1) is 11.3 Å². The standard InChI is InChI=1S/C11H24N4/c1-11(13,10-12)6-9-15(4)8-5-7-14(2)3/h5-9,13H2,1-4H3. The van der Waals surface area contributed by atoms with Crippen LogP contribution in [0.3, 0.4) is 0 Å². The van der Waals surface area contributed by atoms with E-state index in [0.29, 0.717) is 0 Å². The molecule has 0 fully saturated rings. The van der Waals surface area contributed by atoms with Crippen LogP contribution in [-0.4, -0.2) is 56.1 Å². The van der Waals surface area contributed by atoms with Gasteiger partial charge in [0.1, 0.15) is 5.54 Å². The monoisotopic (exact) mass is 212 g/mol. The molecule has 0 aromatic heterocycles. The third kappa shape index (κ3) is 8.37. The Kier molecular flexibility index (Phi) is 6.50. The molecule has 0 radical (unpaired) electrons. The minimum absolute atomic E-state index is 0.685. The molecule has 1 atom stereocenters. The van der Waals surface area contributed by atoms with E-state index >= 15 is 0 Å². The van der Waals surface area contributed by atoms with Crippen LogP contribution in [0.15, 0.2) is 0 Å². The molecule has 0 spiro atoms. The van der Waals surface area contributed by atoms with E-state index in [-0.39, 0.29) is 0 Å². The second-order valence-electron chi connectivity index (χ2n) is 4.74. The van der Waals surface area contributed by atoms with E-state index in [4.69, 9.17) is 11.0 Å². The Morgan fingerprint density at radius 2 is 1.80 bits per heavy atom. The van der Waals surface area contributed by atoms with Gasteiger partial charge in [0, 0.05) is 6.54 Å². The molecule has 4 nitrogen and oxygen atoms in total. The van der Waals surface area contributed by atoms with Crippen molar-refractivity contribution in [3.63, 3.8) is 0 Å². The first-order valence-corrected chi connectivity index (χ1v) is 5.41. The minimum atomic E-state index is -0.685. The summed E-state index contributed by atoms with van der Waals surface area (Å²) in [5.74, 6) is 0. The summed E-state index contributed by atoms with van der Waals surface area (Å²) in [6.07, 6.45) is 1.87. The van der Waals surface area contributed by atoms with Crippen LogP contribution in [0.25, 0.3) is 0 Å². The van der Waals surface area contributed by atoms with Crippen LogP contribution < -0.4 is 5.73 Å².